The summed E-state index contributed by atoms with van der Waals surface area (Å²) in [6.45, 7) is 8.04. The molecule has 0 unspecified atom stereocenters. The zero-order valence-corrected chi connectivity index (χ0v) is 14.9. The van der Waals surface area contributed by atoms with Gasteiger partial charge in [-0.25, -0.2) is 14.4 Å². The SMILES string of the molecule is CCNC(=NCc1nc(C)c(C)s1)N(C)Cc1cccc(F)c1. The molecule has 0 saturated carbocycles. The molecular formula is C17H23FN4S. The smallest absolute Gasteiger partial charge is 0.194 e. The summed E-state index contributed by atoms with van der Waals surface area (Å²) >= 11 is 1.68. The van der Waals surface area contributed by atoms with E-state index in [1.54, 1.807) is 23.5 Å². The molecule has 0 fully saturated rings. The topological polar surface area (TPSA) is 40.5 Å². The number of aromatic nitrogens is 1. The van der Waals surface area contributed by atoms with Gasteiger partial charge in [0.05, 0.1) is 12.2 Å². The van der Waals surface area contributed by atoms with E-state index >= 15 is 0 Å². The van der Waals surface area contributed by atoms with Crippen molar-refractivity contribution >= 4 is 17.3 Å². The highest BCUT2D eigenvalue weighted by Crippen LogP contribution is 2.17. The van der Waals surface area contributed by atoms with E-state index in [9.17, 15) is 4.39 Å². The number of aryl methyl sites for hydroxylation is 2. The first kappa shape index (κ1) is 17.4. The van der Waals surface area contributed by atoms with E-state index < -0.39 is 0 Å². The molecule has 0 aliphatic heterocycles. The molecule has 0 bridgehead atoms. The van der Waals surface area contributed by atoms with Crippen molar-refractivity contribution < 1.29 is 4.39 Å². The Morgan fingerprint density at radius 3 is 2.78 bits per heavy atom. The molecule has 2 aromatic rings. The summed E-state index contributed by atoms with van der Waals surface area (Å²) in [7, 11) is 1.95. The van der Waals surface area contributed by atoms with Gasteiger partial charge in [0.25, 0.3) is 0 Å². The highest BCUT2D eigenvalue weighted by atomic mass is 32.1. The molecule has 4 nitrogen and oxygen atoms in total. The van der Waals surface area contributed by atoms with Gasteiger partial charge in [-0.3, -0.25) is 0 Å². The number of rotatable bonds is 5. The van der Waals surface area contributed by atoms with Crippen LogP contribution >= 0.6 is 11.3 Å². The third-order valence-electron chi connectivity index (χ3n) is 3.44. The summed E-state index contributed by atoms with van der Waals surface area (Å²) in [5.74, 6) is 0.578. The number of aliphatic imine (C=N–C) groups is 1. The van der Waals surface area contributed by atoms with Crippen LogP contribution in [-0.2, 0) is 13.1 Å². The van der Waals surface area contributed by atoms with Crippen molar-refractivity contribution in [3.8, 4) is 0 Å². The Morgan fingerprint density at radius 2 is 2.17 bits per heavy atom. The number of guanidine groups is 1. The average molecular weight is 334 g/mol. The Morgan fingerprint density at radius 1 is 1.39 bits per heavy atom. The minimum atomic E-state index is -0.216. The van der Waals surface area contributed by atoms with Crippen molar-refractivity contribution in [2.45, 2.75) is 33.9 Å². The Bertz CT molecular complexity index is 661. The fraction of sp³-hybridized carbons (Fsp3) is 0.412. The maximum absolute atomic E-state index is 13.3. The van der Waals surface area contributed by atoms with Gasteiger partial charge >= 0.3 is 0 Å². The molecule has 0 atom stereocenters. The molecule has 124 valence electrons. The number of nitrogens with zero attached hydrogens (tertiary/aromatic N) is 3. The molecule has 0 spiro atoms. The van der Waals surface area contributed by atoms with Crippen molar-refractivity contribution in [3.63, 3.8) is 0 Å². The van der Waals surface area contributed by atoms with Crippen LogP contribution < -0.4 is 5.32 Å². The van der Waals surface area contributed by atoms with Crippen LogP contribution in [0.3, 0.4) is 0 Å². The lowest BCUT2D eigenvalue weighted by atomic mass is 10.2. The van der Waals surface area contributed by atoms with Crippen LogP contribution in [-0.4, -0.2) is 29.4 Å². The van der Waals surface area contributed by atoms with Crippen LogP contribution in [0.2, 0.25) is 0 Å². The van der Waals surface area contributed by atoms with Gasteiger partial charge in [0.15, 0.2) is 5.96 Å². The van der Waals surface area contributed by atoms with Gasteiger partial charge < -0.3 is 10.2 Å². The second kappa shape index (κ2) is 8.06. The third kappa shape index (κ3) is 5.03. The Balaban J connectivity index is 2.08. The summed E-state index contributed by atoms with van der Waals surface area (Å²) < 4.78 is 13.3. The molecular weight excluding hydrogens is 311 g/mol. The Kier molecular flexibility index (Phi) is 6.10. The summed E-state index contributed by atoms with van der Waals surface area (Å²) in [6, 6.07) is 6.64. The first-order valence-corrected chi connectivity index (χ1v) is 8.48. The fourth-order valence-electron chi connectivity index (χ4n) is 2.20. The largest absolute Gasteiger partial charge is 0.357 e. The van der Waals surface area contributed by atoms with Gasteiger partial charge in [0.1, 0.15) is 10.8 Å². The van der Waals surface area contributed by atoms with E-state index in [1.165, 1.54) is 10.9 Å². The normalized spacial score (nSPS) is 11.6. The average Bonchev–Trinajstić information content (AvgIpc) is 2.82. The monoisotopic (exact) mass is 334 g/mol. The lowest BCUT2D eigenvalue weighted by molar-refractivity contribution is 0.474. The van der Waals surface area contributed by atoms with Crippen molar-refractivity contribution in [1.29, 1.82) is 0 Å². The highest BCUT2D eigenvalue weighted by molar-refractivity contribution is 7.11. The first-order valence-electron chi connectivity index (χ1n) is 7.66. The number of hydrogen-bond acceptors (Lipinski definition) is 3. The van der Waals surface area contributed by atoms with Crippen LogP contribution in [0, 0.1) is 19.7 Å². The molecule has 1 N–H and O–H groups in total. The van der Waals surface area contributed by atoms with E-state index in [4.69, 9.17) is 0 Å². The lowest BCUT2D eigenvalue weighted by Gasteiger charge is -2.22. The summed E-state index contributed by atoms with van der Waals surface area (Å²) in [5, 5.41) is 4.28. The van der Waals surface area contributed by atoms with E-state index in [1.807, 2.05) is 31.9 Å². The number of thiazole rings is 1. The number of benzene rings is 1. The molecule has 1 aromatic heterocycles. The van der Waals surface area contributed by atoms with Gasteiger partial charge in [-0.15, -0.1) is 11.3 Å². The predicted octanol–water partition coefficient (Wildman–Crippen LogP) is 3.50. The minimum absolute atomic E-state index is 0.216. The van der Waals surface area contributed by atoms with E-state index in [0.717, 1.165) is 28.8 Å². The quantitative estimate of drug-likeness (QED) is 0.672. The van der Waals surface area contributed by atoms with E-state index in [-0.39, 0.29) is 5.82 Å². The second-order valence-electron chi connectivity index (χ2n) is 5.41. The minimum Gasteiger partial charge on any atom is -0.357 e. The van der Waals surface area contributed by atoms with Gasteiger partial charge in [0, 0.05) is 25.0 Å². The van der Waals surface area contributed by atoms with Gasteiger partial charge in [0.2, 0.25) is 0 Å². The maximum atomic E-state index is 13.3. The highest BCUT2D eigenvalue weighted by Gasteiger charge is 2.08. The molecule has 2 rings (SSSR count). The van der Waals surface area contributed by atoms with Crippen LogP contribution in [0.1, 0.15) is 28.1 Å². The van der Waals surface area contributed by atoms with Crippen molar-refractivity contribution in [2.75, 3.05) is 13.6 Å². The van der Waals surface area contributed by atoms with Crippen molar-refractivity contribution in [3.05, 3.63) is 51.2 Å². The van der Waals surface area contributed by atoms with Crippen LogP contribution in [0.15, 0.2) is 29.3 Å². The van der Waals surface area contributed by atoms with Gasteiger partial charge in [-0.05, 0) is 38.5 Å². The third-order valence-corrected chi connectivity index (χ3v) is 4.50. The molecule has 6 heteroatoms. The fourth-order valence-corrected chi connectivity index (χ4v) is 3.06. The lowest BCUT2D eigenvalue weighted by Crippen LogP contribution is -2.38. The molecule has 0 amide bonds. The van der Waals surface area contributed by atoms with Crippen molar-refractivity contribution in [1.82, 2.24) is 15.2 Å². The molecule has 0 saturated heterocycles. The molecule has 0 aliphatic rings. The number of halogens is 1. The molecule has 0 aliphatic carbocycles. The Hall–Kier alpha value is -1.95. The zero-order valence-electron chi connectivity index (χ0n) is 14.1. The number of nitrogens with one attached hydrogen (secondary N) is 1. The zero-order chi connectivity index (χ0) is 16.8. The Labute approximate surface area is 141 Å². The summed E-state index contributed by atoms with van der Waals surface area (Å²) in [5.41, 5.74) is 1.98. The van der Waals surface area contributed by atoms with E-state index in [2.05, 4.69) is 22.2 Å². The van der Waals surface area contributed by atoms with Crippen LogP contribution in [0.4, 0.5) is 4.39 Å². The predicted molar refractivity (Wildman–Crippen MR) is 94.3 cm³/mol. The van der Waals surface area contributed by atoms with E-state index in [0.29, 0.717) is 13.1 Å². The van der Waals surface area contributed by atoms with Crippen LogP contribution in [0.5, 0.6) is 0 Å². The molecule has 0 radical (unpaired) electrons. The summed E-state index contributed by atoms with van der Waals surface area (Å²) in [6.07, 6.45) is 0. The molecule has 23 heavy (non-hydrogen) atoms. The first-order chi connectivity index (χ1) is 11.0. The van der Waals surface area contributed by atoms with Crippen LogP contribution in [0.25, 0.3) is 0 Å². The number of hydrogen-bond donors (Lipinski definition) is 1. The van der Waals surface area contributed by atoms with Gasteiger partial charge in [-0.2, -0.15) is 0 Å². The standard InChI is InChI=1S/C17H23FN4S/c1-5-19-17(20-10-16-21-12(2)13(3)23-16)22(4)11-14-7-6-8-15(18)9-14/h6-9H,5,10-11H2,1-4H3,(H,19,20). The molecule has 1 aromatic carbocycles. The van der Waals surface area contributed by atoms with Gasteiger partial charge in [-0.1, -0.05) is 12.1 Å². The van der Waals surface area contributed by atoms with Crippen molar-refractivity contribution in [2.24, 2.45) is 4.99 Å². The maximum Gasteiger partial charge on any atom is 0.194 e. The summed E-state index contributed by atoms with van der Waals surface area (Å²) in [4.78, 5) is 12.4. The second-order valence-corrected chi connectivity index (χ2v) is 6.69. The molecule has 1 heterocycles.